The fourth-order valence-electron chi connectivity index (χ4n) is 2.16. The van der Waals surface area contributed by atoms with Crippen molar-refractivity contribution >= 4 is 38.6 Å². The van der Waals surface area contributed by atoms with Crippen LogP contribution in [0, 0.1) is 13.8 Å². The number of hydrogen-bond acceptors (Lipinski definition) is 5. The van der Waals surface area contributed by atoms with Crippen LogP contribution in [0.4, 0.5) is 5.13 Å². The summed E-state index contributed by atoms with van der Waals surface area (Å²) in [6, 6.07) is 12.9. The van der Waals surface area contributed by atoms with Gasteiger partial charge in [0.05, 0.1) is 15.8 Å². The zero-order chi connectivity index (χ0) is 17.1. The number of anilines is 1. The zero-order valence-corrected chi connectivity index (χ0v) is 14.1. The van der Waals surface area contributed by atoms with E-state index < -0.39 is 11.9 Å². The smallest absolute Gasteiger partial charge is 0.338 e. The van der Waals surface area contributed by atoms with Gasteiger partial charge in [0.1, 0.15) is 0 Å². The number of amides is 1. The van der Waals surface area contributed by atoms with Gasteiger partial charge >= 0.3 is 5.97 Å². The second kappa shape index (κ2) is 6.80. The van der Waals surface area contributed by atoms with Crippen LogP contribution in [0.5, 0.6) is 0 Å². The average molecular weight is 340 g/mol. The maximum Gasteiger partial charge on any atom is 0.338 e. The number of aromatic nitrogens is 1. The molecular weight excluding hydrogens is 324 g/mol. The lowest BCUT2D eigenvalue weighted by molar-refractivity contribution is -0.119. The number of hydrogen-bond donors (Lipinski definition) is 1. The molecule has 1 N–H and O–H groups in total. The molecule has 0 aliphatic carbocycles. The molecule has 0 aliphatic heterocycles. The fourth-order valence-corrected chi connectivity index (χ4v) is 3.05. The van der Waals surface area contributed by atoms with Gasteiger partial charge in [-0.05, 0) is 49.2 Å². The van der Waals surface area contributed by atoms with Crippen molar-refractivity contribution < 1.29 is 14.3 Å². The molecular formula is C18H16N2O3S. The van der Waals surface area contributed by atoms with Crippen LogP contribution in [0.25, 0.3) is 10.2 Å². The number of ether oxygens (including phenoxy) is 1. The highest BCUT2D eigenvalue weighted by Crippen LogP contribution is 2.25. The normalized spacial score (nSPS) is 10.6. The molecule has 3 rings (SSSR count). The highest BCUT2D eigenvalue weighted by Gasteiger charge is 2.12. The predicted octanol–water partition coefficient (Wildman–Crippen LogP) is 3.71. The molecule has 0 fully saturated rings. The molecule has 1 heterocycles. The van der Waals surface area contributed by atoms with Crippen molar-refractivity contribution in [3.05, 3.63) is 59.2 Å². The minimum atomic E-state index is -0.516. The minimum Gasteiger partial charge on any atom is -0.452 e. The van der Waals surface area contributed by atoms with E-state index in [1.165, 1.54) is 11.3 Å². The van der Waals surface area contributed by atoms with E-state index in [1.807, 2.05) is 44.2 Å². The molecule has 122 valence electrons. The van der Waals surface area contributed by atoms with E-state index in [0.29, 0.717) is 10.7 Å². The molecule has 0 aliphatic rings. The van der Waals surface area contributed by atoms with Crippen LogP contribution >= 0.6 is 11.3 Å². The highest BCUT2D eigenvalue weighted by molar-refractivity contribution is 7.22. The van der Waals surface area contributed by atoms with Gasteiger partial charge in [-0.3, -0.25) is 10.1 Å². The molecule has 0 saturated carbocycles. The Morgan fingerprint density at radius 2 is 1.92 bits per heavy atom. The number of nitrogens with one attached hydrogen (secondary N) is 1. The first kappa shape index (κ1) is 16.1. The van der Waals surface area contributed by atoms with Gasteiger partial charge in [0.25, 0.3) is 5.91 Å². The molecule has 0 bridgehead atoms. The van der Waals surface area contributed by atoms with Crippen LogP contribution in [-0.2, 0) is 9.53 Å². The number of para-hydroxylation sites is 1. The number of thiazole rings is 1. The second-order valence-electron chi connectivity index (χ2n) is 5.41. The third kappa shape index (κ3) is 3.60. The lowest BCUT2D eigenvalue weighted by Crippen LogP contribution is -2.20. The van der Waals surface area contributed by atoms with Gasteiger partial charge in [-0.25, -0.2) is 9.78 Å². The van der Waals surface area contributed by atoms with Crippen LogP contribution in [-0.4, -0.2) is 23.5 Å². The maximum atomic E-state index is 12.0. The number of esters is 1. The molecule has 6 heteroatoms. The van der Waals surface area contributed by atoms with Gasteiger partial charge in [0.15, 0.2) is 11.7 Å². The van der Waals surface area contributed by atoms with E-state index in [2.05, 4.69) is 10.3 Å². The Hall–Kier alpha value is -2.73. The average Bonchev–Trinajstić information content (AvgIpc) is 2.97. The van der Waals surface area contributed by atoms with Gasteiger partial charge in [-0.2, -0.15) is 0 Å². The summed E-state index contributed by atoms with van der Waals surface area (Å²) in [6.45, 7) is 3.55. The van der Waals surface area contributed by atoms with E-state index in [9.17, 15) is 9.59 Å². The number of carbonyl (C=O) groups excluding carboxylic acids is 2. The summed E-state index contributed by atoms with van der Waals surface area (Å²) in [5.41, 5.74) is 3.36. The van der Waals surface area contributed by atoms with Crippen molar-refractivity contribution in [2.75, 3.05) is 11.9 Å². The lowest BCUT2D eigenvalue weighted by atomic mass is 10.1. The van der Waals surface area contributed by atoms with E-state index in [-0.39, 0.29) is 6.61 Å². The van der Waals surface area contributed by atoms with Crippen LogP contribution in [0.2, 0.25) is 0 Å². The maximum absolute atomic E-state index is 12.0. The molecule has 3 aromatic rings. The first-order chi connectivity index (χ1) is 11.5. The van der Waals surface area contributed by atoms with E-state index in [1.54, 1.807) is 12.1 Å². The first-order valence-corrected chi connectivity index (χ1v) is 8.24. The summed E-state index contributed by atoms with van der Waals surface area (Å²) in [5.74, 6) is -0.927. The number of aryl methyl sites for hydroxylation is 2. The minimum absolute atomic E-state index is 0.346. The molecule has 1 aromatic heterocycles. The summed E-state index contributed by atoms with van der Waals surface area (Å²) < 4.78 is 6.04. The van der Waals surface area contributed by atoms with Gasteiger partial charge in [0.2, 0.25) is 0 Å². The molecule has 0 spiro atoms. The van der Waals surface area contributed by atoms with Gasteiger partial charge < -0.3 is 4.74 Å². The monoisotopic (exact) mass is 340 g/mol. The Balaban J connectivity index is 1.58. The van der Waals surface area contributed by atoms with Gasteiger partial charge in [0, 0.05) is 0 Å². The Morgan fingerprint density at radius 1 is 1.12 bits per heavy atom. The zero-order valence-electron chi connectivity index (χ0n) is 13.3. The van der Waals surface area contributed by atoms with E-state index in [4.69, 9.17) is 4.74 Å². The fraction of sp³-hybridized carbons (Fsp3) is 0.167. The van der Waals surface area contributed by atoms with Crippen molar-refractivity contribution in [1.82, 2.24) is 4.98 Å². The van der Waals surface area contributed by atoms with E-state index >= 15 is 0 Å². The molecule has 0 unspecified atom stereocenters. The van der Waals surface area contributed by atoms with Crippen molar-refractivity contribution in [2.45, 2.75) is 13.8 Å². The first-order valence-electron chi connectivity index (χ1n) is 7.43. The topological polar surface area (TPSA) is 68.3 Å². The number of nitrogens with zero attached hydrogens (tertiary/aromatic N) is 1. The third-order valence-corrected chi connectivity index (χ3v) is 4.57. The highest BCUT2D eigenvalue weighted by atomic mass is 32.1. The van der Waals surface area contributed by atoms with Gasteiger partial charge in [-0.15, -0.1) is 0 Å². The van der Waals surface area contributed by atoms with Crippen LogP contribution in [0.3, 0.4) is 0 Å². The van der Waals surface area contributed by atoms with Crippen LogP contribution in [0.15, 0.2) is 42.5 Å². The van der Waals surface area contributed by atoms with Crippen molar-refractivity contribution in [3.8, 4) is 0 Å². The van der Waals surface area contributed by atoms with Crippen molar-refractivity contribution in [3.63, 3.8) is 0 Å². The number of carbonyl (C=O) groups is 2. The quantitative estimate of drug-likeness (QED) is 0.735. The summed E-state index contributed by atoms with van der Waals surface area (Å²) in [5, 5.41) is 3.14. The Bertz CT molecular complexity index is 885. The standard InChI is InChI=1S/C18H16N2O3S/c1-11-7-8-13(9-12(11)2)17(22)23-10-16(21)20-18-19-14-5-3-4-6-15(14)24-18/h3-9H,10H2,1-2H3,(H,19,20,21). The van der Waals surface area contributed by atoms with Crippen LogP contribution < -0.4 is 5.32 Å². The predicted molar refractivity (Wildman–Crippen MR) is 94.4 cm³/mol. The van der Waals surface area contributed by atoms with Crippen molar-refractivity contribution in [1.29, 1.82) is 0 Å². The molecule has 0 atom stereocenters. The van der Waals surface area contributed by atoms with E-state index in [0.717, 1.165) is 21.3 Å². The van der Waals surface area contributed by atoms with Gasteiger partial charge in [-0.1, -0.05) is 29.5 Å². The summed E-state index contributed by atoms with van der Waals surface area (Å²) in [7, 11) is 0. The molecule has 24 heavy (non-hydrogen) atoms. The SMILES string of the molecule is Cc1ccc(C(=O)OCC(=O)Nc2nc3ccccc3s2)cc1C. The summed E-state index contributed by atoms with van der Waals surface area (Å²) >= 11 is 1.38. The van der Waals surface area contributed by atoms with Crippen LogP contribution in [0.1, 0.15) is 21.5 Å². The molecule has 5 nitrogen and oxygen atoms in total. The Kier molecular flexibility index (Phi) is 4.57. The number of fused-ring (bicyclic) bond motifs is 1. The van der Waals surface area contributed by atoms with Crippen molar-refractivity contribution in [2.24, 2.45) is 0 Å². The largest absolute Gasteiger partial charge is 0.452 e. The molecule has 0 radical (unpaired) electrons. The summed E-state index contributed by atoms with van der Waals surface area (Å²) in [4.78, 5) is 28.2. The second-order valence-corrected chi connectivity index (χ2v) is 6.44. The molecule has 1 amide bonds. The Morgan fingerprint density at radius 3 is 2.67 bits per heavy atom. The molecule has 2 aromatic carbocycles. The molecule has 0 saturated heterocycles. The lowest BCUT2D eigenvalue weighted by Gasteiger charge is -2.06. The Labute approximate surface area is 143 Å². The number of benzene rings is 2. The third-order valence-electron chi connectivity index (χ3n) is 3.62. The summed E-state index contributed by atoms with van der Waals surface area (Å²) in [6.07, 6.45) is 0. The number of rotatable bonds is 4.